The van der Waals surface area contributed by atoms with E-state index in [2.05, 4.69) is 5.32 Å². The van der Waals surface area contributed by atoms with Crippen LogP contribution in [0.25, 0.3) is 0 Å². The van der Waals surface area contributed by atoms with Crippen molar-refractivity contribution in [1.29, 1.82) is 0 Å². The van der Waals surface area contributed by atoms with Crippen LogP contribution >= 0.6 is 0 Å². The fourth-order valence-corrected chi connectivity index (χ4v) is 3.92. The molecule has 0 aromatic carbocycles. The smallest absolute Gasteiger partial charge is 0.227 e. The first-order valence-corrected chi connectivity index (χ1v) is 8.25. The van der Waals surface area contributed by atoms with Crippen LogP contribution in [0.15, 0.2) is 0 Å². The van der Waals surface area contributed by atoms with E-state index in [-0.39, 0.29) is 23.1 Å². The summed E-state index contributed by atoms with van der Waals surface area (Å²) in [6, 6.07) is 0. The highest BCUT2D eigenvalue weighted by molar-refractivity contribution is 5.98. The van der Waals surface area contributed by atoms with Crippen LogP contribution in [0.3, 0.4) is 0 Å². The first-order valence-electron chi connectivity index (χ1n) is 8.25. The van der Waals surface area contributed by atoms with Crippen molar-refractivity contribution in [3.63, 3.8) is 0 Å². The Morgan fingerprint density at radius 1 is 1.23 bits per heavy atom. The summed E-state index contributed by atoms with van der Waals surface area (Å²) in [6.45, 7) is 2.82. The number of carbonyl (C=O) groups excluding carboxylic acids is 3. The molecule has 1 unspecified atom stereocenters. The van der Waals surface area contributed by atoms with Crippen LogP contribution in [0.2, 0.25) is 0 Å². The third-order valence-corrected chi connectivity index (χ3v) is 5.24. The SMILES string of the molecule is O=C1CC2(CCN(C(=O)CC3CCCOC3)CC2)CC(=O)N1. The van der Waals surface area contributed by atoms with Gasteiger partial charge in [-0.1, -0.05) is 0 Å². The number of nitrogens with one attached hydrogen (secondary N) is 1. The number of hydrogen-bond acceptors (Lipinski definition) is 4. The van der Waals surface area contributed by atoms with Gasteiger partial charge in [0.25, 0.3) is 0 Å². The van der Waals surface area contributed by atoms with Gasteiger partial charge in [0, 0.05) is 45.6 Å². The molecule has 3 fully saturated rings. The van der Waals surface area contributed by atoms with E-state index >= 15 is 0 Å². The second-order valence-corrected chi connectivity index (χ2v) is 6.99. The van der Waals surface area contributed by atoms with Gasteiger partial charge in [0.15, 0.2) is 0 Å². The van der Waals surface area contributed by atoms with Gasteiger partial charge >= 0.3 is 0 Å². The quantitative estimate of drug-likeness (QED) is 0.767. The minimum Gasteiger partial charge on any atom is -0.381 e. The summed E-state index contributed by atoms with van der Waals surface area (Å²) in [5.74, 6) is 0.196. The number of ether oxygens (including phenoxy) is 1. The van der Waals surface area contributed by atoms with Crippen LogP contribution in [0.5, 0.6) is 0 Å². The number of amides is 3. The summed E-state index contributed by atoms with van der Waals surface area (Å²) in [5, 5.41) is 2.37. The van der Waals surface area contributed by atoms with Crippen molar-refractivity contribution in [1.82, 2.24) is 10.2 Å². The van der Waals surface area contributed by atoms with E-state index < -0.39 is 0 Å². The Kier molecular flexibility index (Phi) is 4.47. The number of imide groups is 1. The lowest BCUT2D eigenvalue weighted by Gasteiger charge is -2.43. The molecule has 1 N–H and O–H groups in total. The molecule has 0 saturated carbocycles. The molecule has 3 aliphatic rings. The number of nitrogens with zero attached hydrogens (tertiary/aromatic N) is 1. The molecule has 0 aliphatic carbocycles. The average molecular weight is 308 g/mol. The fourth-order valence-electron chi connectivity index (χ4n) is 3.92. The van der Waals surface area contributed by atoms with Gasteiger partial charge in [0.2, 0.25) is 17.7 Å². The first-order chi connectivity index (χ1) is 10.6. The number of likely N-dealkylation sites (tertiary alicyclic amines) is 1. The third-order valence-electron chi connectivity index (χ3n) is 5.24. The molecule has 3 amide bonds. The van der Waals surface area contributed by atoms with Crippen molar-refractivity contribution < 1.29 is 19.1 Å². The highest BCUT2D eigenvalue weighted by Crippen LogP contribution is 2.40. The minimum absolute atomic E-state index is 0.171. The Balaban J connectivity index is 1.51. The fraction of sp³-hybridized carbons (Fsp3) is 0.812. The van der Waals surface area contributed by atoms with Crippen LogP contribution in [0.4, 0.5) is 0 Å². The maximum absolute atomic E-state index is 12.4. The van der Waals surface area contributed by atoms with E-state index in [1.54, 1.807) is 0 Å². The Morgan fingerprint density at radius 2 is 1.91 bits per heavy atom. The molecule has 1 atom stereocenters. The molecular weight excluding hydrogens is 284 g/mol. The van der Waals surface area contributed by atoms with E-state index in [0.717, 1.165) is 32.3 Å². The van der Waals surface area contributed by atoms with Crippen LogP contribution in [0, 0.1) is 11.3 Å². The molecule has 3 rings (SSSR count). The van der Waals surface area contributed by atoms with Gasteiger partial charge in [0.1, 0.15) is 0 Å². The van der Waals surface area contributed by atoms with Gasteiger partial charge in [0.05, 0.1) is 0 Å². The Bertz CT molecular complexity index is 445. The largest absolute Gasteiger partial charge is 0.381 e. The summed E-state index contributed by atoms with van der Waals surface area (Å²) >= 11 is 0. The zero-order chi connectivity index (χ0) is 15.6. The van der Waals surface area contributed by atoms with E-state index in [4.69, 9.17) is 4.74 Å². The molecular formula is C16H24N2O4. The van der Waals surface area contributed by atoms with Gasteiger partial charge in [-0.3, -0.25) is 19.7 Å². The zero-order valence-electron chi connectivity index (χ0n) is 12.9. The van der Waals surface area contributed by atoms with Crippen LogP contribution in [-0.2, 0) is 19.1 Å². The van der Waals surface area contributed by atoms with Crippen molar-refractivity contribution in [3.05, 3.63) is 0 Å². The van der Waals surface area contributed by atoms with Gasteiger partial charge in [-0.15, -0.1) is 0 Å². The Labute approximate surface area is 130 Å². The lowest BCUT2D eigenvalue weighted by atomic mass is 9.71. The van der Waals surface area contributed by atoms with E-state index in [0.29, 0.717) is 44.9 Å². The Hall–Kier alpha value is -1.43. The van der Waals surface area contributed by atoms with Crippen molar-refractivity contribution in [3.8, 4) is 0 Å². The molecule has 6 nitrogen and oxygen atoms in total. The number of piperidine rings is 2. The molecule has 6 heteroatoms. The maximum Gasteiger partial charge on any atom is 0.227 e. The average Bonchev–Trinajstić information content (AvgIpc) is 2.47. The van der Waals surface area contributed by atoms with Gasteiger partial charge < -0.3 is 9.64 Å². The molecule has 3 saturated heterocycles. The molecule has 0 aromatic rings. The van der Waals surface area contributed by atoms with Crippen molar-refractivity contribution in [2.75, 3.05) is 26.3 Å². The summed E-state index contributed by atoms with van der Waals surface area (Å²) < 4.78 is 5.43. The normalized spacial score (nSPS) is 28.5. The van der Waals surface area contributed by atoms with Crippen molar-refractivity contribution in [2.24, 2.45) is 11.3 Å². The summed E-state index contributed by atoms with van der Waals surface area (Å²) in [5.41, 5.74) is -0.218. The molecule has 0 radical (unpaired) electrons. The Morgan fingerprint density at radius 3 is 2.50 bits per heavy atom. The lowest BCUT2D eigenvalue weighted by Crippen LogP contribution is -2.51. The standard InChI is InChI=1S/C16H24N2O4/c19-13-9-16(10-14(20)17-13)3-5-18(6-4-16)15(21)8-12-2-1-7-22-11-12/h12H,1-11H2,(H,17,19,20). The summed E-state index contributed by atoms with van der Waals surface area (Å²) in [6.07, 6.45) is 5.00. The molecule has 122 valence electrons. The zero-order valence-corrected chi connectivity index (χ0v) is 12.9. The van der Waals surface area contributed by atoms with E-state index in [1.165, 1.54) is 0 Å². The van der Waals surface area contributed by atoms with E-state index in [9.17, 15) is 14.4 Å². The predicted octanol–water partition coefficient (Wildman–Crippen LogP) is 0.849. The molecule has 3 heterocycles. The van der Waals surface area contributed by atoms with Crippen LogP contribution in [0.1, 0.15) is 44.9 Å². The van der Waals surface area contributed by atoms with Gasteiger partial charge in [-0.2, -0.15) is 0 Å². The molecule has 0 bridgehead atoms. The number of rotatable bonds is 2. The van der Waals surface area contributed by atoms with Crippen molar-refractivity contribution in [2.45, 2.75) is 44.9 Å². The molecule has 1 spiro atoms. The second-order valence-electron chi connectivity index (χ2n) is 6.99. The summed E-state index contributed by atoms with van der Waals surface area (Å²) in [4.78, 5) is 37.5. The highest BCUT2D eigenvalue weighted by Gasteiger charge is 2.42. The maximum atomic E-state index is 12.4. The van der Waals surface area contributed by atoms with Crippen LogP contribution < -0.4 is 5.32 Å². The number of hydrogen-bond donors (Lipinski definition) is 1. The molecule has 3 aliphatic heterocycles. The molecule has 22 heavy (non-hydrogen) atoms. The monoisotopic (exact) mass is 308 g/mol. The highest BCUT2D eigenvalue weighted by atomic mass is 16.5. The number of carbonyl (C=O) groups is 3. The van der Waals surface area contributed by atoms with Crippen LogP contribution in [-0.4, -0.2) is 48.9 Å². The van der Waals surface area contributed by atoms with Gasteiger partial charge in [-0.05, 0) is 37.0 Å². The third kappa shape index (κ3) is 3.48. The lowest BCUT2D eigenvalue weighted by molar-refractivity contribution is -0.141. The summed E-state index contributed by atoms with van der Waals surface area (Å²) in [7, 11) is 0. The predicted molar refractivity (Wildman–Crippen MR) is 78.8 cm³/mol. The van der Waals surface area contributed by atoms with E-state index in [1.807, 2.05) is 4.90 Å². The second kappa shape index (κ2) is 6.36. The molecule has 0 aromatic heterocycles. The van der Waals surface area contributed by atoms with Gasteiger partial charge in [-0.25, -0.2) is 0 Å². The van der Waals surface area contributed by atoms with Crippen molar-refractivity contribution >= 4 is 17.7 Å². The minimum atomic E-state index is -0.218. The topological polar surface area (TPSA) is 75.7 Å². The first kappa shape index (κ1) is 15.5.